The van der Waals surface area contributed by atoms with Crippen molar-refractivity contribution in [1.29, 1.82) is 0 Å². The maximum Gasteiger partial charge on any atom is 0.241 e. The quantitative estimate of drug-likeness (QED) is 0.608. The number of amides is 1. The summed E-state index contributed by atoms with van der Waals surface area (Å²) in [5.41, 5.74) is 2.85. The van der Waals surface area contributed by atoms with E-state index in [1.807, 2.05) is 61.8 Å². The normalized spacial score (nSPS) is 12.4. The summed E-state index contributed by atoms with van der Waals surface area (Å²) >= 11 is 6.30. The van der Waals surface area contributed by atoms with E-state index in [0.29, 0.717) is 33.6 Å². The number of rotatable bonds is 7. The Balaban J connectivity index is 1.94. The second-order valence-corrected chi connectivity index (χ2v) is 8.04. The van der Waals surface area contributed by atoms with Crippen molar-refractivity contribution in [2.24, 2.45) is 5.92 Å². The third-order valence-electron chi connectivity index (χ3n) is 4.93. The highest BCUT2D eigenvalue weighted by Crippen LogP contribution is 2.38. The lowest BCUT2D eigenvalue weighted by Gasteiger charge is -2.26. The van der Waals surface area contributed by atoms with Gasteiger partial charge in [-0.05, 0) is 32.1 Å². The molecule has 0 aliphatic heterocycles. The number of nitrogens with one attached hydrogen (secondary N) is 1. The number of halogens is 1. The number of carbonyl (C=O) groups excluding carboxylic acids is 1. The highest BCUT2D eigenvalue weighted by molar-refractivity contribution is 6.32. The number of imidazole rings is 1. The topological polar surface area (TPSA) is 68.1 Å². The number of benzene rings is 1. The van der Waals surface area contributed by atoms with Crippen molar-refractivity contribution >= 4 is 28.8 Å². The first kappa shape index (κ1) is 21.9. The number of nitrogens with zero attached hydrogens (tertiary/aromatic N) is 3. The van der Waals surface area contributed by atoms with Crippen LogP contribution in [0.1, 0.15) is 13.8 Å². The van der Waals surface area contributed by atoms with Gasteiger partial charge < -0.3 is 19.2 Å². The summed E-state index contributed by atoms with van der Waals surface area (Å²) in [5.74, 6) is 1.29. The van der Waals surface area contributed by atoms with Crippen molar-refractivity contribution < 1.29 is 14.3 Å². The van der Waals surface area contributed by atoms with Crippen molar-refractivity contribution in [3.63, 3.8) is 0 Å². The molecule has 0 saturated carbocycles. The number of methoxy groups -OCH3 is 2. The second-order valence-electron chi connectivity index (χ2n) is 7.64. The van der Waals surface area contributed by atoms with E-state index < -0.39 is 0 Å². The SMILES string of the molecule is COc1cc(OC)c(-c2cn3ccc(NC(=O)[C@H](C(C)C)N(C)C)cc3n2)cc1Cl. The maximum atomic E-state index is 12.7. The van der Waals surface area contributed by atoms with Gasteiger partial charge in [-0.3, -0.25) is 9.69 Å². The molecule has 1 aromatic carbocycles. The lowest BCUT2D eigenvalue weighted by atomic mass is 10.0. The fourth-order valence-corrected chi connectivity index (χ4v) is 3.84. The van der Waals surface area contributed by atoms with Gasteiger partial charge in [-0.25, -0.2) is 4.98 Å². The number of hydrogen-bond acceptors (Lipinski definition) is 5. The molecule has 0 aliphatic carbocycles. The summed E-state index contributed by atoms with van der Waals surface area (Å²) in [6.07, 6.45) is 3.75. The van der Waals surface area contributed by atoms with Gasteiger partial charge in [0.25, 0.3) is 0 Å². The second kappa shape index (κ2) is 8.93. The molecule has 0 unspecified atom stereocenters. The molecule has 2 aromatic heterocycles. The fourth-order valence-electron chi connectivity index (χ4n) is 3.60. The number of aromatic nitrogens is 2. The molecule has 30 heavy (non-hydrogen) atoms. The minimum atomic E-state index is -0.220. The van der Waals surface area contributed by atoms with Gasteiger partial charge in [0.1, 0.15) is 17.1 Å². The molecular weight excluding hydrogens is 404 g/mol. The Morgan fingerprint density at radius 2 is 1.87 bits per heavy atom. The number of fused-ring (bicyclic) bond motifs is 1. The van der Waals surface area contributed by atoms with E-state index in [1.54, 1.807) is 26.4 Å². The minimum absolute atomic E-state index is 0.0465. The molecule has 0 aliphatic rings. The van der Waals surface area contributed by atoms with Gasteiger partial charge in [-0.15, -0.1) is 0 Å². The molecule has 0 spiro atoms. The fraction of sp³-hybridized carbons (Fsp3) is 0.364. The van der Waals surface area contributed by atoms with Crippen LogP contribution in [0, 0.1) is 5.92 Å². The highest BCUT2D eigenvalue weighted by Gasteiger charge is 2.24. The molecule has 0 bridgehead atoms. The van der Waals surface area contributed by atoms with Gasteiger partial charge in [0.2, 0.25) is 5.91 Å². The Labute approximate surface area is 181 Å². The molecule has 160 valence electrons. The van der Waals surface area contributed by atoms with Crippen LogP contribution in [0.4, 0.5) is 5.69 Å². The van der Waals surface area contributed by atoms with Crippen LogP contribution in [0.25, 0.3) is 16.9 Å². The van der Waals surface area contributed by atoms with Crippen LogP contribution in [0.15, 0.2) is 36.7 Å². The van der Waals surface area contributed by atoms with Crippen molar-refractivity contribution in [1.82, 2.24) is 14.3 Å². The Kier molecular flexibility index (Phi) is 6.53. The van der Waals surface area contributed by atoms with Gasteiger partial charge >= 0.3 is 0 Å². The van der Waals surface area contributed by atoms with Crippen molar-refractivity contribution in [3.05, 3.63) is 41.7 Å². The van der Waals surface area contributed by atoms with E-state index in [1.165, 1.54) is 0 Å². The summed E-state index contributed by atoms with van der Waals surface area (Å²) in [5, 5.41) is 3.47. The predicted molar refractivity (Wildman–Crippen MR) is 120 cm³/mol. The zero-order valence-corrected chi connectivity index (χ0v) is 18.8. The molecule has 0 radical (unpaired) electrons. The van der Waals surface area contributed by atoms with Gasteiger partial charge in [0.05, 0.1) is 31.0 Å². The standard InChI is InChI=1S/C22H27ClN4O3/c1-13(2)21(26(3)4)22(28)24-14-7-8-27-12-17(25-20(27)9-14)15-10-16(23)19(30-6)11-18(15)29-5/h7-13,21H,1-6H3,(H,24,28)/t21-/m0/s1. The number of anilines is 1. The Hall–Kier alpha value is -2.77. The zero-order valence-electron chi connectivity index (χ0n) is 18.1. The first-order valence-corrected chi connectivity index (χ1v) is 10.0. The number of hydrogen-bond donors (Lipinski definition) is 1. The van der Waals surface area contributed by atoms with E-state index in [-0.39, 0.29) is 17.9 Å². The monoisotopic (exact) mass is 430 g/mol. The summed E-state index contributed by atoms with van der Waals surface area (Å²) in [4.78, 5) is 19.3. The van der Waals surface area contributed by atoms with Crippen molar-refractivity contribution in [2.75, 3.05) is 33.6 Å². The maximum absolute atomic E-state index is 12.7. The Morgan fingerprint density at radius 1 is 1.17 bits per heavy atom. The highest BCUT2D eigenvalue weighted by atomic mass is 35.5. The molecule has 7 nitrogen and oxygen atoms in total. The molecule has 0 saturated heterocycles. The summed E-state index contributed by atoms with van der Waals surface area (Å²) < 4.78 is 12.6. The molecule has 2 heterocycles. The number of ether oxygens (including phenoxy) is 2. The minimum Gasteiger partial charge on any atom is -0.496 e. The third-order valence-corrected chi connectivity index (χ3v) is 5.23. The number of likely N-dealkylation sites (N-methyl/N-ethyl adjacent to an activating group) is 1. The summed E-state index contributed by atoms with van der Waals surface area (Å²) in [6.45, 7) is 4.06. The number of carbonyl (C=O) groups is 1. The molecule has 3 rings (SSSR count). The molecule has 1 atom stereocenters. The molecular formula is C22H27ClN4O3. The van der Waals surface area contributed by atoms with Crippen LogP contribution >= 0.6 is 11.6 Å². The van der Waals surface area contributed by atoms with E-state index in [9.17, 15) is 4.79 Å². The number of pyridine rings is 1. The predicted octanol–water partition coefficient (Wildman–Crippen LogP) is 4.20. The van der Waals surface area contributed by atoms with E-state index >= 15 is 0 Å². The largest absolute Gasteiger partial charge is 0.496 e. The van der Waals surface area contributed by atoms with Crippen molar-refractivity contribution in [2.45, 2.75) is 19.9 Å². The molecule has 3 aromatic rings. The third kappa shape index (κ3) is 4.37. The van der Waals surface area contributed by atoms with Crippen LogP contribution in [0.5, 0.6) is 11.5 Å². The Morgan fingerprint density at radius 3 is 2.47 bits per heavy atom. The summed E-state index contributed by atoms with van der Waals surface area (Å²) in [7, 11) is 6.95. The molecule has 1 N–H and O–H groups in total. The van der Waals surface area contributed by atoms with Crippen LogP contribution < -0.4 is 14.8 Å². The van der Waals surface area contributed by atoms with Gasteiger partial charge in [-0.2, -0.15) is 0 Å². The Bertz CT molecular complexity index is 1050. The van der Waals surface area contributed by atoms with Crippen LogP contribution in [-0.4, -0.2) is 54.5 Å². The first-order chi connectivity index (χ1) is 14.2. The van der Waals surface area contributed by atoms with Gasteiger partial charge in [-0.1, -0.05) is 25.4 Å². The van der Waals surface area contributed by atoms with Crippen LogP contribution in [-0.2, 0) is 4.79 Å². The molecule has 1 amide bonds. The average Bonchev–Trinajstić information content (AvgIpc) is 3.10. The summed E-state index contributed by atoms with van der Waals surface area (Å²) in [6, 6.07) is 6.98. The average molecular weight is 431 g/mol. The lowest BCUT2D eigenvalue weighted by Crippen LogP contribution is -2.43. The lowest BCUT2D eigenvalue weighted by molar-refractivity contribution is -0.121. The van der Waals surface area contributed by atoms with Crippen LogP contribution in [0.2, 0.25) is 5.02 Å². The first-order valence-electron chi connectivity index (χ1n) is 9.63. The molecule has 0 fully saturated rings. The zero-order chi connectivity index (χ0) is 22.0. The van der Waals surface area contributed by atoms with E-state index in [2.05, 4.69) is 5.32 Å². The van der Waals surface area contributed by atoms with E-state index in [0.717, 1.165) is 5.56 Å². The van der Waals surface area contributed by atoms with Crippen LogP contribution in [0.3, 0.4) is 0 Å². The van der Waals surface area contributed by atoms with Crippen molar-refractivity contribution in [3.8, 4) is 22.8 Å². The van der Waals surface area contributed by atoms with E-state index in [4.69, 9.17) is 26.1 Å². The van der Waals surface area contributed by atoms with Gasteiger partial charge in [0, 0.05) is 35.8 Å². The smallest absolute Gasteiger partial charge is 0.241 e. The molecule has 8 heteroatoms. The van der Waals surface area contributed by atoms with Gasteiger partial charge in [0.15, 0.2) is 0 Å².